The fraction of sp³-hybridized carbons (Fsp3) is 0.400. The van der Waals surface area contributed by atoms with E-state index < -0.39 is 0 Å². The number of nitrogens with zero attached hydrogens (tertiary/aromatic N) is 4. The van der Waals surface area contributed by atoms with Crippen LogP contribution in [0.5, 0.6) is 0 Å². The molecule has 2 heterocycles. The van der Waals surface area contributed by atoms with Gasteiger partial charge in [0, 0.05) is 25.7 Å². The van der Waals surface area contributed by atoms with Crippen molar-refractivity contribution in [2.75, 3.05) is 12.8 Å². The molecule has 1 aliphatic rings. The van der Waals surface area contributed by atoms with Crippen LogP contribution in [0.15, 0.2) is 24.3 Å². The van der Waals surface area contributed by atoms with Crippen molar-refractivity contribution in [2.24, 2.45) is 0 Å². The van der Waals surface area contributed by atoms with Gasteiger partial charge in [-0.25, -0.2) is 0 Å². The molecule has 0 fully saturated rings. The third-order valence-electron chi connectivity index (χ3n) is 3.89. The van der Waals surface area contributed by atoms with Gasteiger partial charge in [-0.2, -0.15) is 0 Å². The molecule has 21 heavy (non-hydrogen) atoms. The Kier molecular flexibility index (Phi) is 3.60. The third-order valence-corrected chi connectivity index (χ3v) is 3.89. The first-order valence-electron chi connectivity index (χ1n) is 7.13. The van der Waals surface area contributed by atoms with Gasteiger partial charge in [-0.1, -0.05) is 18.2 Å². The highest BCUT2D eigenvalue weighted by atomic mass is 16.2. The number of anilines is 1. The van der Waals surface area contributed by atoms with Gasteiger partial charge < -0.3 is 15.2 Å². The van der Waals surface area contributed by atoms with Crippen LogP contribution in [0.4, 0.5) is 5.69 Å². The number of amides is 1. The summed E-state index contributed by atoms with van der Waals surface area (Å²) in [7, 11) is 1.79. The van der Waals surface area contributed by atoms with E-state index in [-0.39, 0.29) is 5.91 Å². The molecule has 0 unspecified atom stereocenters. The predicted octanol–water partition coefficient (Wildman–Crippen LogP) is 1.01. The molecule has 0 saturated carbocycles. The van der Waals surface area contributed by atoms with Gasteiger partial charge in [-0.3, -0.25) is 4.79 Å². The quantitative estimate of drug-likeness (QED) is 0.850. The Bertz CT molecular complexity index is 664. The van der Waals surface area contributed by atoms with Crippen LogP contribution in [-0.4, -0.2) is 32.6 Å². The molecule has 2 N–H and O–H groups in total. The maximum Gasteiger partial charge on any atom is 0.227 e. The van der Waals surface area contributed by atoms with Crippen LogP contribution in [0.1, 0.15) is 23.6 Å². The first-order chi connectivity index (χ1) is 10.1. The standard InChI is InChI=1S/C15H19N5O/c1-19(10-14-18-17-13-7-4-8-20(13)14)15(21)9-11-5-2-3-6-12(11)16/h2-3,5-6H,4,7-10,16H2,1H3. The number of hydrogen-bond acceptors (Lipinski definition) is 4. The van der Waals surface area contributed by atoms with Crippen molar-refractivity contribution >= 4 is 11.6 Å². The molecule has 0 spiro atoms. The minimum atomic E-state index is 0.0308. The van der Waals surface area contributed by atoms with Crippen molar-refractivity contribution in [1.82, 2.24) is 19.7 Å². The Morgan fingerprint density at radius 2 is 2.19 bits per heavy atom. The second-order valence-corrected chi connectivity index (χ2v) is 5.41. The lowest BCUT2D eigenvalue weighted by Gasteiger charge is -2.17. The molecule has 1 amide bonds. The van der Waals surface area contributed by atoms with Gasteiger partial charge in [0.2, 0.25) is 5.91 Å². The number of carbonyl (C=O) groups is 1. The summed E-state index contributed by atoms with van der Waals surface area (Å²) in [5.41, 5.74) is 7.40. The van der Waals surface area contributed by atoms with E-state index in [0.717, 1.165) is 36.6 Å². The van der Waals surface area contributed by atoms with Crippen LogP contribution >= 0.6 is 0 Å². The first kappa shape index (κ1) is 13.6. The number of hydrogen-bond donors (Lipinski definition) is 1. The molecule has 0 saturated heterocycles. The van der Waals surface area contributed by atoms with E-state index in [1.54, 1.807) is 11.9 Å². The third kappa shape index (κ3) is 2.74. The van der Waals surface area contributed by atoms with Crippen molar-refractivity contribution in [3.63, 3.8) is 0 Å². The highest BCUT2D eigenvalue weighted by Gasteiger charge is 2.20. The SMILES string of the molecule is CN(Cc1nnc2n1CCC2)C(=O)Cc1ccccc1N. The van der Waals surface area contributed by atoms with E-state index in [9.17, 15) is 4.79 Å². The summed E-state index contributed by atoms with van der Waals surface area (Å²) < 4.78 is 2.11. The van der Waals surface area contributed by atoms with Gasteiger partial charge in [0.1, 0.15) is 5.82 Å². The van der Waals surface area contributed by atoms with E-state index in [0.29, 0.717) is 18.7 Å². The highest BCUT2D eigenvalue weighted by Crippen LogP contribution is 2.16. The van der Waals surface area contributed by atoms with E-state index in [4.69, 9.17) is 5.73 Å². The molecule has 1 aliphatic heterocycles. The number of aromatic nitrogens is 3. The van der Waals surface area contributed by atoms with Crippen LogP contribution in [0.3, 0.4) is 0 Å². The second kappa shape index (κ2) is 5.55. The van der Waals surface area contributed by atoms with Gasteiger partial charge in [-0.05, 0) is 18.1 Å². The molecule has 6 nitrogen and oxygen atoms in total. The smallest absolute Gasteiger partial charge is 0.227 e. The summed E-state index contributed by atoms with van der Waals surface area (Å²) in [5, 5.41) is 8.34. The fourth-order valence-corrected chi connectivity index (χ4v) is 2.62. The van der Waals surface area contributed by atoms with E-state index in [2.05, 4.69) is 14.8 Å². The van der Waals surface area contributed by atoms with Crippen LogP contribution in [0.2, 0.25) is 0 Å². The average molecular weight is 285 g/mol. The number of benzene rings is 1. The zero-order chi connectivity index (χ0) is 14.8. The Balaban J connectivity index is 1.66. The summed E-state index contributed by atoms with van der Waals surface area (Å²) in [6.45, 7) is 1.43. The maximum absolute atomic E-state index is 12.3. The topological polar surface area (TPSA) is 77.0 Å². The number of fused-ring (bicyclic) bond motifs is 1. The Morgan fingerprint density at radius 3 is 3.00 bits per heavy atom. The number of nitrogen functional groups attached to an aromatic ring is 1. The molecule has 0 atom stereocenters. The number of carbonyl (C=O) groups excluding carboxylic acids is 1. The van der Waals surface area contributed by atoms with E-state index in [1.165, 1.54) is 0 Å². The van der Waals surface area contributed by atoms with E-state index in [1.807, 2.05) is 24.3 Å². The number of para-hydroxylation sites is 1. The lowest BCUT2D eigenvalue weighted by atomic mass is 10.1. The molecule has 1 aromatic heterocycles. The second-order valence-electron chi connectivity index (χ2n) is 5.41. The number of likely N-dealkylation sites (N-methyl/N-ethyl adjacent to an activating group) is 1. The van der Waals surface area contributed by atoms with Crippen molar-refractivity contribution < 1.29 is 4.79 Å². The summed E-state index contributed by atoms with van der Waals surface area (Å²) >= 11 is 0. The predicted molar refractivity (Wildman–Crippen MR) is 79.4 cm³/mol. The maximum atomic E-state index is 12.3. The molecule has 0 bridgehead atoms. The Morgan fingerprint density at radius 1 is 1.38 bits per heavy atom. The number of rotatable bonds is 4. The van der Waals surface area contributed by atoms with Gasteiger partial charge >= 0.3 is 0 Å². The molecule has 2 aromatic rings. The zero-order valence-electron chi connectivity index (χ0n) is 12.1. The molecular weight excluding hydrogens is 266 g/mol. The summed E-state index contributed by atoms with van der Waals surface area (Å²) in [6, 6.07) is 7.46. The molecule has 3 rings (SSSR count). The fourth-order valence-electron chi connectivity index (χ4n) is 2.62. The van der Waals surface area contributed by atoms with Crippen LogP contribution in [0, 0.1) is 0 Å². The minimum Gasteiger partial charge on any atom is -0.398 e. The van der Waals surface area contributed by atoms with Crippen molar-refractivity contribution in [3.8, 4) is 0 Å². The lowest BCUT2D eigenvalue weighted by Crippen LogP contribution is -2.29. The molecule has 0 aliphatic carbocycles. The van der Waals surface area contributed by atoms with Crippen molar-refractivity contribution in [2.45, 2.75) is 32.4 Å². The minimum absolute atomic E-state index is 0.0308. The monoisotopic (exact) mass is 285 g/mol. The summed E-state index contributed by atoms with van der Waals surface area (Å²) in [4.78, 5) is 14.0. The van der Waals surface area contributed by atoms with E-state index >= 15 is 0 Å². The lowest BCUT2D eigenvalue weighted by molar-refractivity contribution is -0.129. The number of aryl methyl sites for hydroxylation is 1. The molecule has 110 valence electrons. The molecular formula is C15H19N5O. The van der Waals surface area contributed by atoms with Crippen LogP contribution < -0.4 is 5.73 Å². The highest BCUT2D eigenvalue weighted by molar-refractivity contribution is 5.80. The van der Waals surface area contributed by atoms with Gasteiger partial charge in [-0.15, -0.1) is 10.2 Å². The van der Waals surface area contributed by atoms with Gasteiger partial charge in [0.05, 0.1) is 13.0 Å². The molecule has 0 radical (unpaired) electrons. The average Bonchev–Trinajstić information content (AvgIpc) is 3.06. The normalized spacial score (nSPS) is 13.2. The Hall–Kier alpha value is -2.37. The Labute approximate surface area is 123 Å². The van der Waals surface area contributed by atoms with Gasteiger partial charge in [0.25, 0.3) is 0 Å². The molecule has 1 aromatic carbocycles. The first-order valence-corrected chi connectivity index (χ1v) is 7.13. The summed E-state index contributed by atoms with van der Waals surface area (Å²) in [5.74, 6) is 1.92. The van der Waals surface area contributed by atoms with Crippen LogP contribution in [0.25, 0.3) is 0 Å². The number of nitrogens with two attached hydrogens (primary N) is 1. The van der Waals surface area contributed by atoms with Gasteiger partial charge in [0.15, 0.2) is 5.82 Å². The molecule has 6 heteroatoms. The summed E-state index contributed by atoms with van der Waals surface area (Å²) in [6.07, 6.45) is 2.39. The van der Waals surface area contributed by atoms with Crippen molar-refractivity contribution in [1.29, 1.82) is 0 Å². The van der Waals surface area contributed by atoms with Crippen LogP contribution in [-0.2, 0) is 30.7 Å². The largest absolute Gasteiger partial charge is 0.398 e. The van der Waals surface area contributed by atoms with Crippen molar-refractivity contribution in [3.05, 3.63) is 41.5 Å². The zero-order valence-corrected chi connectivity index (χ0v) is 12.1.